The number of rotatable bonds is 5. The fourth-order valence-corrected chi connectivity index (χ4v) is 2.85. The van der Waals surface area contributed by atoms with E-state index >= 15 is 0 Å². The normalized spacial score (nSPS) is 14.0. The van der Waals surface area contributed by atoms with Crippen molar-refractivity contribution in [3.8, 4) is 0 Å². The lowest BCUT2D eigenvalue weighted by Gasteiger charge is -2.49. The Hall–Kier alpha value is -0.340. The summed E-state index contributed by atoms with van der Waals surface area (Å²) < 4.78 is 0. The predicted molar refractivity (Wildman–Crippen MR) is 82.9 cm³/mol. The van der Waals surface area contributed by atoms with E-state index in [-0.39, 0.29) is 16.6 Å². The van der Waals surface area contributed by atoms with Gasteiger partial charge < -0.3 is 5.73 Å². The van der Waals surface area contributed by atoms with Crippen LogP contribution in [-0.4, -0.2) is 28.6 Å². The first-order valence-corrected chi connectivity index (χ1v) is 6.89. The number of allylic oxidation sites excluding steroid dienone is 1. The Morgan fingerprint density at radius 1 is 0.944 bits per heavy atom. The average molecular weight is 254 g/mol. The smallest absolute Gasteiger partial charge is 0.0366 e. The van der Waals surface area contributed by atoms with Gasteiger partial charge in [-0.05, 0) is 75.8 Å². The lowest BCUT2D eigenvalue weighted by molar-refractivity contribution is 0.0470. The molecule has 0 radical (unpaired) electrons. The summed E-state index contributed by atoms with van der Waals surface area (Å²) in [7, 11) is 2.21. The SMILES string of the molecule is CC(C)=C(C)C(C)(C)N(C)C(C)(C)CC(C)(C)N. The van der Waals surface area contributed by atoms with Gasteiger partial charge in [-0.2, -0.15) is 0 Å². The summed E-state index contributed by atoms with van der Waals surface area (Å²) >= 11 is 0. The van der Waals surface area contributed by atoms with E-state index < -0.39 is 0 Å². The van der Waals surface area contributed by atoms with Crippen LogP contribution in [0.1, 0.15) is 68.7 Å². The first kappa shape index (κ1) is 17.7. The monoisotopic (exact) mass is 254 g/mol. The summed E-state index contributed by atoms with van der Waals surface area (Å²) in [4.78, 5) is 2.46. The third-order valence-corrected chi connectivity index (χ3v) is 4.30. The number of likely N-dealkylation sites (N-methyl/N-ethyl adjacent to an activating group) is 1. The maximum Gasteiger partial charge on any atom is 0.0366 e. The molecule has 0 aromatic carbocycles. The molecule has 0 aliphatic heterocycles. The van der Waals surface area contributed by atoms with E-state index in [1.165, 1.54) is 11.1 Å². The maximum atomic E-state index is 6.20. The molecule has 0 atom stereocenters. The number of nitrogens with two attached hydrogens (primary N) is 1. The van der Waals surface area contributed by atoms with E-state index in [0.29, 0.717) is 0 Å². The van der Waals surface area contributed by atoms with Crippen molar-refractivity contribution >= 4 is 0 Å². The van der Waals surface area contributed by atoms with Gasteiger partial charge in [0.05, 0.1) is 0 Å². The zero-order valence-corrected chi connectivity index (χ0v) is 14.2. The Kier molecular flexibility index (Phi) is 5.24. The molecule has 0 saturated carbocycles. The molecule has 0 aliphatic carbocycles. The van der Waals surface area contributed by atoms with E-state index in [9.17, 15) is 0 Å². The molecule has 0 aromatic rings. The van der Waals surface area contributed by atoms with Crippen molar-refractivity contribution in [1.29, 1.82) is 0 Å². The minimum Gasteiger partial charge on any atom is -0.325 e. The fourth-order valence-electron chi connectivity index (χ4n) is 2.85. The molecule has 108 valence electrons. The van der Waals surface area contributed by atoms with Crippen molar-refractivity contribution in [3.63, 3.8) is 0 Å². The van der Waals surface area contributed by atoms with Crippen molar-refractivity contribution in [2.24, 2.45) is 5.73 Å². The lowest BCUT2D eigenvalue weighted by Crippen LogP contribution is -2.57. The molecular weight excluding hydrogens is 220 g/mol. The molecule has 2 nitrogen and oxygen atoms in total. The molecule has 0 unspecified atom stereocenters. The zero-order valence-electron chi connectivity index (χ0n) is 14.2. The molecular formula is C16H34N2. The van der Waals surface area contributed by atoms with Crippen LogP contribution in [0.5, 0.6) is 0 Å². The molecule has 0 bridgehead atoms. The first-order valence-electron chi connectivity index (χ1n) is 6.89. The van der Waals surface area contributed by atoms with Crippen molar-refractivity contribution in [3.05, 3.63) is 11.1 Å². The van der Waals surface area contributed by atoms with Gasteiger partial charge in [0.2, 0.25) is 0 Å². The molecule has 0 saturated heterocycles. The summed E-state index contributed by atoms with van der Waals surface area (Å²) in [5.41, 5.74) is 9.01. The average Bonchev–Trinajstić information content (AvgIpc) is 2.11. The molecule has 0 aliphatic rings. The lowest BCUT2D eigenvalue weighted by atomic mass is 9.81. The van der Waals surface area contributed by atoms with Gasteiger partial charge in [0.25, 0.3) is 0 Å². The minimum absolute atomic E-state index is 0.0492. The van der Waals surface area contributed by atoms with E-state index in [4.69, 9.17) is 5.73 Å². The van der Waals surface area contributed by atoms with Gasteiger partial charge in [-0.25, -0.2) is 0 Å². The van der Waals surface area contributed by atoms with Crippen LogP contribution in [-0.2, 0) is 0 Å². The minimum atomic E-state index is -0.146. The van der Waals surface area contributed by atoms with Gasteiger partial charge in [0, 0.05) is 16.6 Å². The van der Waals surface area contributed by atoms with E-state index in [1.807, 2.05) is 0 Å². The van der Waals surface area contributed by atoms with Crippen molar-refractivity contribution < 1.29 is 0 Å². The largest absolute Gasteiger partial charge is 0.325 e. The van der Waals surface area contributed by atoms with E-state index in [2.05, 4.69) is 74.3 Å². The van der Waals surface area contributed by atoms with Crippen LogP contribution in [0, 0.1) is 0 Å². The summed E-state index contributed by atoms with van der Waals surface area (Å²) in [6.07, 6.45) is 0.968. The van der Waals surface area contributed by atoms with E-state index in [1.54, 1.807) is 0 Å². The predicted octanol–water partition coefficient (Wildman–Crippen LogP) is 3.96. The van der Waals surface area contributed by atoms with Gasteiger partial charge in [-0.15, -0.1) is 0 Å². The second kappa shape index (κ2) is 5.34. The molecule has 0 spiro atoms. The molecule has 18 heavy (non-hydrogen) atoms. The highest BCUT2D eigenvalue weighted by Gasteiger charge is 2.38. The standard InChI is InChI=1S/C16H34N2/c1-12(2)13(3)16(8,9)18(10)15(6,7)11-14(4,5)17/h11,17H2,1-10H3. The molecule has 0 rings (SSSR count). The molecule has 0 amide bonds. The van der Waals surface area contributed by atoms with E-state index in [0.717, 1.165) is 6.42 Å². The van der Waals surface area contributed by atoms with Crippen LogP contribution in [0.4, 0.5) is 0 Å². The summed E-state index contributed by atoms with van der Waals surface area (Å²) in [5, 5.41) is 0. The van der Waals surface area contributed by atoms with Crippen molar-refractivity contribution in [2.75, 3.05) is 7.05 Å². The third kappa shape index (κ3) is 4.40. The third-order valence-electron chi connectivity index (χ3n) is 4.30. The first-order chi connectivity index (χ1) is 7.72. The van der Waals surface area contributed by atoms with Crippen LogP contribution in [0.2, 0.25) is 0 Å². The number of nitrogens with zero attached hydrogens (tertiary/aromatic N) is 1. The molecule has 0 fully saturated rings. The van der Waals surface area contributed by atoms with Crippen molar-refractivity contribution in [1.82, 2.24) is 4.90 Å². The van der Waals surface area contributed by atoms with Gasteiger partial charge >= 0.3 is 0 Å². The molecule has 0 heterocycles. The van der Waals surface area contributed by atoms with Crippen LogP contribution in [0.3, 0.4) is 0 Å². The highest BCUT2D eigenvalue weighted by atomic mass is 15.2. The second-order valence-electron chi connectivity index (χ2n) is 7.72. The van der Waals surface area contributed by atoms with Gasteiger partial charge in [0.1, 0.15) is 0 Å². The topological polar surface area (TPSA) is 29.3 Å². The van der Waals surface area contributed by atoms with Crippen LogP contribution in [0.25, 0.3) is 0 Å². The fraction of sp³-hybridized carbons (Fsp3) is 0.875. The molecule has 0 aromatic heterocycles. The highest BCUT2D eigenvalue weighted by molar-refractivity contribution is 5.21. The Labute approximate surface area is 115 Å². The number of hydrogen-bond donors (Lipinski definition) is 1. The van der Waals surface area contributed by atoms with Crippen LogP contribution >= 0.6 is 0 Å². The highest BCUT2D eigenvalue weighted by Crippen LogP contribution is 2.34. The van der Waals surface area contributed by atoms with Crippen LogP contribution < -0.4 is 5.73 Å². The second-order valence-corrected chi connectivity index (χ2v) is 7.72. The Balaban J connectivity index is 5.27. The maximum absolute atomic E-state index is 6.20. The summed E-state index contributed by atoms with van der Waals surface area (Å²) in [5.74, 6) is 0. The van der Waals surface area contributed by atoms with Crippen molar-refractivity contribution in [2.45, 2.75) is 85.4 Å². The number of hydrogen-bond acceptors (Lipinski definition) is 2. The Morgan fingerprint density at radius 2 is 1.33 bits per heavy atom. The molecule has 2 heteroatoms. The van der Waals surface area contributed by atoms with Gasteiger partial charge in [-0.1, -0.05) is 11.1 Å². The Bertz CT molecular complexity index is 312. The molecule has 2 N–H and O–H groups in total. The van der Waals surface area contributed by atoms with Gasteiger partial charge in [0.15, 0.2) is 0 Å². The summed E-state index contributed by atoms with van der Waals surface area (Å²) in [6, 6.07) is 0. The van der Waals surface area contributed by atoms with Crippen LogP contribution in [0.15, 0.2) is 11.1 Å². The zero-order chi connectivity index (χ0) is 14.9. The Morgan fingerprint density at radius 3 is 1.61 bits per heavy atom. The quantitative estimate of drug-likeness (QED) is 0.753. The van der Waals surface area contributed by atoms with Gasteiger partial charge in [-0.3, -0.25) is 4.90 Å². The summed E-state index contributed by atoms with van der Waals surface area (Å²) in [6.45, 7) is 19.9.